The maximum absolute atomic E-state index is 11.1. The number of carbonyl (C=O) groups is 1. The number of benzene rings is 1. The first-order valence-corrected chi connectivity index (χ1v) is 6.97. The highest BCUT2D eigenvalue weighted by Gasteiger charge is 2.27. The van der Waals surface area contributed by atoms with E-state index in [2.05, 4.69) is 16.5 Å². The molecular formula is C16H18N2O2. The minimum atomic E-state index is -0.850. The Morgan fingerprint density at radius 1 is 1.50 bits per heavy atom. The van der Waals surface area contributed by atoms with Crippen LogP contribution in [0.25, 0.3) is 0 Å². The second-order valence-corrected chi connectivity index (χ2v) is 5.57. The van der Waals surface area contributed by atoms with Crippen LogP contribution in [0.15, 0.2) is 36.9 Å². The number of aromatic carboxylic acids is 1. The van der Waals surface area contributed by atoms with Gasteiger partial charge in [0, 0.05) is 18.9 Å². The second-order valence-electron chi connectivity index (χ2n) is 5.57. The zero-order valence-electron chi connectivity index (χ0n) is 11.5. The first kappa shape index (κ1) is 12.9. The predicted molar refractivity (Wildman–Crippen MR) is 75.9 cm³/mol. The maximum atomic E-state index is 11.1. The zero-order valence-corrected chi connectivity index (χ0v) is 11.5. The summed E-state index contributed by atoms with van der Waals surface area (Å²) in [6.45, 7) is 3.14. The van der Waals surface area contributed by atoms with E-state index >= 15 is 0 Å². The van der Waals surface area contributed by atoms with Gasteiger partial charge in [-0.2, -0.15) is 0 Å². The third-order valence-electron chi connectivity index (χ3n) is 4.38. The summed E-state index contributed by atoms with van der Waals surface area (Å²) < 4.78 is 2.10. The summed E-state index contributed by atoms with van der Waals surface area (Å²) in [5.41, 5.74) is 2.88. The molecular weight excluding hydrogens is 252 g/mol. The average molecular weight is 270 g/mol. The molecule has 4 heteroatoms. The van der Waals surface area contributed by atoms with Crippen LogP contribution >= 0.6 is 0 Å². The lowest BCUT2D eigenvalue weighted by molar-refractivity contribution is 0.0696. The van der Waals surface area contributed by atoms with Gasteiger partial charge < -0.3 is 9.67 Å². The summed E-state index contributed by atoms with van der Waals surface area (Å²) in [7, 11) is 0. The Kier molecular flexibility index (Phi) is 3.30. The molecule has 0 spiro atoms. The van der Waals surface area contributed by atoms with Crippen LogP contribution in [0.2, 0.25) is 0 Å². The Balaban J connectivity index is 1.87. The van der Waals surface area contributed by atoms with Crippen molar-refractivity contribution in [1.29, 1.82) is 0 Å². The van der Waals surface area contributed by atoms with Gasteiger partial charge in [-0.1, -0.05) is 13.0 Å². The number of aryl methyl sites for hydroxylation is 1. The Bertz CT molecular complexity index is 619. The molecule has 1 N–H and O–H groups in total. The maximum Gasteiger partial charge on any atom is 0.335 e. The third-order valence-corrected chi connectivity index (χ3v) is 4.38. The van der Waals surface area contributed by atoms with Gasteiger partial charge in [-0.15, -0.1) is 0 Å². The van der Waals surface area contributed by atoms with Crippen molar-refractivity contribution in [3.8, 4) is 0 Å². The zero-order chi connectivity index (χ0) is 14.1. The fourth-order valence-electron chi connectivity index (χ4n) is 3.14. The van der Waals surface area contributed by atoms with Crippen LogP contribution in [0.1, 0.15) is 40.7 Å². The Morgan fingerprint density at radius 2 is 2.35 bits per heavy atom. The predicted octanol–water partition coefficient (Wildman–Crippen LogP) is 2.95. The molecule has 1 aliphatic rings. The largest absolute Gasteiger partial charge is 0.478 e. The van der Waals surface area contributed by atoms with Crippen LogP contribution in [0, 0.1) is 5.92 Å². The molecule has 3 rings (SSSR count). The van der Waals surface area contributed by atoms with E-state index in [9.17, 15) is 4.79 Å². The lowest BCUT2D eigenvalue weighted by Crippen LogP contribution is -2.23. The molecule has 0 amide bonds. The van der Waals surface area contributed by atoms with E-state index < -0.39 is 5.97 Å². The van der Waals surface area contributed by atoms with Crippen LogP contribution in [0.3, 0.4) is 0 Å². The van der Waals surface area contributed by atoms with Gasteiger partial charge in [-0.3, -0.25) is 0 Å². The molecule has 2 aromatic rings. The molecule has 104 valence electrons. The van der Waals surface area contributed by atoms with Gasteiger partial charge in [0.25, 0.3) is 0 Å². The highest BCUT2D eigenvalue weighted by atomic mass is 16.4. The molecule has 0 bridgehead atoms. The van der Waals surface area contributed by atoms with Crippen LogP contribution in [0.4, 0.5) is 0 Å². The van der Waals surface area contributed by atoms with Crippen molar-refractivity contribution in [3.63, 3.8) is 0 Å². The average Bonchev–Trinajstić information content (AvgIpc) is 2.94. The number of hydrogen-bond donors (Lipinski definition) is 1. The first-order valence-electron chi connectivity index (χ1n) is 6.97. The number of hydrogen-bond acceptors (Lipinski definition) is 2. The van der Waals surface area contributed by atoms with Gasteiger partial charge in [0.2, 0.25) is 0 Å². The van der Waals surface area contributed by atoms with E-state index in [0.717, 1.165) is 19.4 Å². The molecule has 2 atom stereocenters. The fraction of sp³-hybridized carbons (Fsp3) is 0.375. The van der Waals surface area contributed by atoms with E-state index in [0.29, 0.717) is 17.4 Å². The molecule has 0 fully saturated rings. The van der Waals surface area contributed by atoms with Gasteiger partial charge in [-0.25, -0.2) is 9.78 Å². The summed E-state index contributed by atoms with van der Waals surface area (Å²) in [4.78, 5) is 15.2. The summed E-state index contributed by atoms with van der Waals surface area (Å²) >= 11 is 0. The summed E-state index contributed by atoms with van der Waals surface area (Å²) in [5, 5.41) is 9.13. The molecule has 4 nitrogen and oxygen atoms in total. The Hall–Kier alpha value is -2.10. The highest BCUT2D eigenvalue weighted by Crippen LogP contribution is 2.37. The normalized spacial score (nSPS) is 21.4. The molecule has 20 heavy (non-hydrogen) atoms. The number of aromatic nitrogens is 2. The summed E-state index contributed by atoms with van der Waals surface area (Å²) in [6, 6.07) is 5.54. The minimum absolute atomic E-state index is 0.375. The molecule has 0 radical (unpaired) electrons. The van der Waals surface area contributed by atoms with Crippen molar-refractivity contribution >= 4 is 5.97 Å². The van der Waals surface area contributed by atoms with E-state index in [-0.39, 0.29) is 0 Å². The lowest BCUT2D eigenvalue weighted by Gasteiger charge is -2.31. The van der Waals surface area contributed by atoms with Crippen molar-refractivity contribution < 1.29 is 9.90 Å². The molecule has 2 unspecified atom stereocenters. The molecule has 0 aliphatic heterocycles. The van der Waals surface area contributed by atoms with Crippen LogP contribution in [-0.4, -0.2) is 20.6 Å². The number of carboxylic acid groups (broad SMARTS) is 1. The van der Waals surface area contributed by atoms with Crippen LogP contribution < -0.4 is 0 Å². The van der Waals surface area contributed by atoms with E-state index in [1.54, 1.807) is 12.3 Å². The van der Waals surface area contributed by atoms with Crippen LogP contribution in [-0.2, 0) is 13.0 Å². The van der Waals surface area contributed by atoms with Gasteiger partial charge in [0.15, 0.2) is 0 Å². The molecule has 0 saturated heterocycles. The molecule has 1 aromatic heterocycles. The Morgan fingerprint density at radius 3 is 3.05 bits per heavy atom. The van der Waals surface area contributed by atoms with Crippen molar-refractivity contribution in [1.82, 2.24) is 9.55 Å². The van der Waals surface area contributed by atoms with Gasteiger partial charge >= 0.3 is 5.97 Å². The van der Waals surface area contributed by atoms with Crippen molar-refractivity contribution in [2.24, 2.45) is 5.92 Å². The van der Waals surface area contributed by atoms with Gasteiger partial charge in [-0.05, 0) is 47.9 Å². The number of rotatable bonds is 3. The van der Waals surface area contributed by atoms with E-state index in [4.69, 9.17) is 5.11 Å². The summed E-state index contributed by atoms with van der Waals surface area (Å²) in [6.07, 6.45) is 7.79. The molecule has 1 aliphatic carbocycles. The SMILES string of the molecule is CC1c2cc(C(=O)O)ccc2CCC1Cn1ccnc1. The van der Waals surface area contributed by atoms with Crippen LogP contribution in [0.5, 0.6) is 0 Å². The number of imidazole rings is 1. The Labute approximate surface area is 118 Å². The number of fused-ring (bicyclic) bond motifs is 1. The lowest BCUT2D eigenvalue weighted by atomic mass is 9.75. The minimum Gasteiger partial charge on any atom is -0.478 e. The monoisotopic (exact) mass is 270 g/mol. The quantitative estimate of drug-likeness (QED) is 0.933. The van der Waals surface area contributed by atoms with Gasteiger partial charge in [0.05, 0.1) is 11.9 Å². The van der Waals surface area contributed by atoms with E-state index in [1.165, 1.54) is 11.1 Å². The standard InChI is InChI=1S/C16H18N2O2/c1-11-14(9-18-7-6-17-10-18)5-3-12-2-4-13(16(19)20)8-15(11)12/h2,4,6-8,10-11,14H,3,5,9H2,1H3,(H,19,20). The first-order chi connectivity index (χ1) is 9.65. The third kappa shape index (κ3) is 2.33. The van der Waals surface area contributed by atoms with Gasteiger partial charge in [0.1, 0.15) is 0 Å². The van der Waals surface area contributed by atoms with E-state index in [1.807, 2.05) is 24.7 Å². The molecule has 0 saturated carbocycles. The smallest absolute Gasteiger partial charge is 0.335 e. The fourth-order valence-corrected chi connectivity index (χ4v) is 3.14. The number of carboxylic acids is 1. The van der Waals surface area contributed by atoms with Crippen molar-refractivity contribution in [2.45, 2.75) is 32.2 Å². The van der Waals surface area contributed by atoms with Crippen molar-refractivity contribution in [3.05, 3.63) is 53.6 Å². The highest BCUT2D eigenvalue weighted by molar-refractivity contribution is 5.88. The summed E-state index contributed by atoms with van der Waals surface area (Å²) in [5.74, 6) is 0.0536. The molecule has 1 heterocycles. The number of nitrogens with zero attached hydrogens (tertiary/aromatic N) is 2. The topological polar surface area (TPSA) is 55.1 Å². The second kappa shape index (κ2) is 5.12. The molecule has 1 aromatic carbocycles. The van der Waals surface area contributed by atoms with Crippen molar-refractivity contribution in [2.75, 3.05) is 0 Å².